The van der Waals surface area contributed by atoms with E-state index < -0.39 is 11.7 Å². The topological polar surface area (TPSA) is 60.1 Å². The number of aromatic nitrogens is 2. The Morgan fingerprint density at radius 3 is 2.62 bits per heavy atom. The molecule has 0 atom stereocenters. The van der Waals surface area contributed by atoms with Crippen LogP contribution in [0.2, 0.25) is 0 Å². The van der Waals surface area contributed by atoms with Crippen molar-refractivity contribution in [2.24, 2.45) is 0 Å². The molecule has 4 aromatic rings. The van der Waals surface area contributed by atoms with Gasteiger partial charge in [0.2, 0.25) is 0 Å². The van der Waals surface area contributed by atoms with Gasteiger partial charge >= 0.3 is 0 Å². The Balaban J connectivity index is 1.48. The average Bonchev–Trinajstić information content (AvgIpc) is 3.36. The predicted molar refractivity (Wildman–Crippen MR) is 104 cm³/mol. The standard InChI is InChI=1S/C22H17F2N3O2/c1-14-25-9-10-27(14)20-7-2-15(12-19(20)24)13-26-22(28)21-18(8-11-29-21)16-3-5-17(23)6-4-16/h2-12H,13H2,1H3,(H,26,28). The van der Waals surface area contributed by atoms with Crippen LogP contribution in [0.3, 0.4) is 0 Å². The minimum absolute atomic E-state index is 0.114. The molecule has 0 aliphatic heterocycles. The van der Waals surface area contributed by atoms with E-state index in [9.17, 15) is 13.6 Å². The molecule has 0 unspecified atom stereocenters. The molecule has 2 heterocycles. The third-order valence-corrected chi connectivity index (χ3v) is 4.58. The monoisotopic (exact) mass is 393 g/mol. The van der Waals surface area contributed by atoms with Crippen LogP contribution < -0.4 is 5.32 Å². The summed E-state index contributed by atoms with van der Waals surface area (Å²) in [4.78, 5) is 16.6. The molecule has 0 fully saturated rings. The van der Waals surface area contributed by atoms with Crippen molar-refractivity contribution in [1.82, 2.24) is 14.9 Å². The van der Waals surface area contributed by atoms with E-state index >= 15 is 0 Å². The summed E-state index contributed by atoms with van der Waals surface area (Å²) < 4.78 is 34.6. The quantitative estimate of drug-likeness (QED) is 0.537. The molecule has 5 nitrogen and oxygen atoms in total. The van der Waals surface area contributed by atoms with Gasteiger partial charge in [-0.1, -0.05) is 18.2 Å². The Kier molecular flexibility index (Phi) is 4.95. The number of imidazole rings is 1. The van der Waals surface area contributed by atoms with Crippen LogP contribution in [0.15, 0.2) is 71.6 Å². The first kappa shape index (κ1) is 18.6. The van der Waals surface area contributed by atoms with Gasteiger partial charge in [-0.2, -0.15) is 0 Å². The fourth-order valence-electron chi connectivity index (χ4n) is 3.09. The Morgan fingerprint density at radius 1 is 1.14 bits per heavy atom. The summed E-state index contributed by atoms with van der Waals surface area (Å²) in [6.45, 7) is 1.91. The molecule has 0 spiro atoms. The fraction of sp³-hybridized carbons (Fsp3) is 0.0909. The smallest absolute Gasteiger partial charge is 0.287 e. The van der Waals surface area contributed by atoms with E-state index in [1.165, 1.54) is 24.5 Å². The number of furan rings is 1. The zero-order chi connectivity index (χ0) is 20.4. The number of carbonyl (C=O) groups excluding carboxylic acids is 1. The van der Waals surface area contributed by atoms with Crippen molar-refractivity contribution in [2.45, 2.75) is 13.5 Å². The minimum atomic E-state index is -0.440. The van der Waals surface area contributed by atoms with Gasteiger partial charge in [0.25, 0.3) is 5.91 Å². The van der Waals surface area contributed by atoms with E-state index in [0.29, 0.717) is 28.2 Å². The Morgan fingerprint density at radius 2 is 1.93 bits per heavy atom. The van der Waals surface area contributed by atoms with Crippen LogP contribution in [0.5, 0.6) is 0 Å². The van der Waals surface area contributed by atoms with Gasteiger partial charge < -0.3 is 14.3 Å². The number of aryl methyl sites for hydroxylation is 1. The largest absolute Gasteiger partial charge is 0.459 e. The zero-order valence-corrected chi connectivity index (χ0v) is 15.5. The number of benzene rings is 2. The number of amides is 1. The third kappa shape index (κ3) is 3.80. The maximum absolute atomic E-state index is 14.5. The lowest BCUT2D eigenvalue weighted by molar-refractivity contribution is 0.0924. The first-order chi connectivity index (χ1) is 14.0. The normalized spacial score (nSPS) is 10.9. The van der Waals surface area contributed by atoms with Crippen LogP contribution in [-0.2, 0) is 6.54 Å². The molecule has 0 aliphatic rings. The molecule has 0 saturated carbocycles. The first-order valence-electron chi connectivity index (χ1n) is 8.93. The predicted octanol–water partition coefficient (Wildman–Crippen LogP) is 4.65. The number of rotatable bonds is 5. The van der Waals surface area contributed by atoms with Crippen molar-refractivity contribution < 1.29 is 18.0 Å². The molecule has 4 rings (SSSR count). The lowest BCUT2D eigenvalue weighted by Gasteiger charge is -2.10. The van der Waals surface area contributed by atoms with Gasteiger partial charge in [0, 0.05) is 24.5 Å². The van der Waals surface area contributed by atoms with Crippen LogP contribution in [-0.4, -0.2) is 15.5 Å². The van der Waals surface area contributed by atoms with Crippen LogP contribution in [0.25, 0.3) is 16.8 Å². The van der Waals surface area contributed by atoms with Crippen molar-refractivity contribution in [3.63, 3.8) is 0 Å². The SMILES string of the molecule is Cc1nccn1-c1ccc(CNC(=O)c2occc2-c2ccc(F)cc2)cc1F. The molecule has 2 aromatic heterocycles. The number of hydrogen-bond acceptors (Lipinski definition) is 3. The van der Waals surface area contributed by atoms with Gasteiger partial charge in [-0.05, 0) is 48.4 Å². The number of hydrogen-bond donors (Lipinski definition) is 1. The highest BCUT2D eigenvalue weighted by Gasteiger charge is 2.17. The Bertz CT molecular complexity index is 1160. The maximum atomic E-state index is 14.5. The molecular weight excluding hydrogens is 376 g/mol. The maximum Gasteiger partial charge on any atom is 0.287 e. The summed E-state index contributed by atoms with van der Waals surface area (Å²) in [5.74, 6) is -0.425. The van der Waals surface area contributed by atoms with Crippen LogP contribution in [0, 0.1) is 18.6 Å². The van der Waals surface area contributed by atoms with Crippen molar-refractivity contribution >= 4 is 5.91 Å². The van der Waals surface area contributed by atoms with Crippen molar-refractivity contribution in [3.8, 4) is 16.8 Å². The number of nitrogens with one attached hydrogen (secondary N) is 1. The van der Waals surface area contributed by atoms with Gasteiger partial charge in [-0.3, -0.25) is 4.79 Å². The van der Waals surface area contributed by atoms with E-state index in [1.807, 2.05) is 0 Å². The van der Waals surface area contributed by atoms with Crippen molar-refractivity contribution in [2.75, 3.05) is 0 Å². The summed E-state index contributed by atoms with van der Waals surface area (Å²) in [6.07, 6.45) is 4.68. The summed E-state index contributed by atoms with van der Waals surface area (Å²) in [5, 5.41) is 2.72. The van der Waals surface area contributed by atoms with E-state index in [4.69, 9.17) is 4.42 Å². The molecular formula is C22H17F2N3O2. The van der Waals surface area contributed by atoms with E-state index in [-0.39, 0.29) is 18.1 Å². The third-order valence-electron chi connectivity index (χ3n) is 4.58. The Hall–Kier alpha value is -3.74. The molecule has 1 amide bonds. The number of carbonyl (C=O) groups is 1. The highest BCUT2D eigenvalue weighted by Crippen LogP contribution is 2.25. The highest BCUT2D eigenvalue weighted by molar-refractivity contribution is 5.98. The summed E-state index contributed by atoms with van der Waals surface area (Å²) in [5.41, 5.74) is 2.21. The molecule has 29 heavy (non-hydrogen) atoms. The number of halogens is 2. The lowest BCUT2D eigenvalue weighted by atomic mass is 10.1. The van der Waals surface area contributed by atoms with Gasteiger partial charge in [0.15, 0.2) is 5.76 Å². The van der Waals surface area contributed by atoms with E-state index in [2.05, 4.69) is 10.3 Å². The molecule has 0 radical (unpaired) electrons. The van der Waals surface area contributed by atoms with Crippen molar-refractivity contribution in [3.05, 3.63) is 96.0 Å². The second kappa shape index (κ2) is 7.71. The van der Waals surface area contributed by atoms with Gasteiger partial charge in [-0.15, -0.1) is 0 Å². The first-order valence-corrected chi connectivity index (χ1v) is 8.93. The van der Waals surface area contributed by atoms with E-state index in [1.54, 1.807) is 54.2 Å². The van der Waals surface area contributed by atoms with E-state index in [0.717, 1.165) is 0 Å². The summed E-state index contributed by atoms with van der Waals surface area (Å²) in [6, 6.07) is 12.2. The molecule has 146 valence electrons. The van der Waals surface area contributed by atoms with Gasteiger partial charge in [0.05, 0.1) is 12.0 Å². The number of nitrogens with zero attached hydrogens (tertiary/aromatic N) is 2. The second-order valence-corrected chi connectivity index (χ2v) is 6.48. The van der Waals surface area contributed by atoms with Gasteiger partial charge in [0.1, 0.15) is 17.5 Å². The second-order valence-electron chi connectivity index (χ2n) is 6.48. The van der Waals surface area contributed by atoms with Crippen LogP contribution in [0.1, 0.15) is 21.9 Å². The van der Waals surface area contributed by atoms with Crippen LogP contribution in [0.4, 0.5) is 8.78 Å². The highest BCUT2D eigenvalue weighted by atomic mass is 19.1. The average molecular weight is 393 g/mol. The molecule has 1 N–H and O–H groups in total. The molecule has 0 saturated heterocycles. The minimum Gasteiger partial charge on any atom is -0.459 e. The van der Waals surface area contributed by atoms with Gasteiger partial charge in [-0.25, -0.2) is 13.8 Å². The zero-order valence-electron chi connectivity index (χ0n) is 15.5. The fourth-order valence-corrected chi connectivity index (χ4v) is 3.09. The summed E-state index contributed by atoms with van der Waals surface area (Å²) in [7, 11) is 0. The summed E-state index contributed by atoms with van der Waals surface area (Å²) >= 11 is 0. The Labute approximate surface area is 165 Å². The molecule has 0 bridgehead atoms. The molecule has 2 aromatic carbocycles. The lowest BCUT2D eigenvalue weighted by Crippen LogP contribution is -2.23. The van der Waals surface area contributed by atoms with Crippen molar-refractivity contribution in [1.29, 1.82) is 0 Å². The van der Waals surface area contributed by atoms with Crippen LogP contribution >= 0.6 is 0 Å². The molecule has 7 heteroatoms. The molecule has 0 aliphatic carbocycles.